The smallest absolute Gasteiger partial charge is 0.264 e. The van der Waals surface area contributed by atoms with E-state index >= 15 is 0 Å². The van der Waals surface area contributed by atoms with Gasteiger partial charge in [-0.25, -0.2) is 0 Å². The van der Waals surface area contributed by atoms with Crippen LogP contribution < -0.4 is 0 Å². The molecule has 0 aromatic heterocycles. The zero-order chi connectivity index (χ0) is 10.3. The zero-order valence-corrected chi connectivity index (χ0v) is 8.76. The van der Waals surface area contributed by atoms with Crippen LogP contribution in [0.4, 0.5) is 0 Å². The highest BCUT2D eigenvalue weighted by atomic mass is 32.2. The third-order valence-electron chi connectivity index (χ3n) is 1.49. The van der Waals surface area contributed by atoms with Gasteiger partial charge in [0.05, 0.1) is 6.26 Å². The van der Waals surface area contributed by atoms with E-state index in [0.29, 0.717) is 0 Å². The molecular formula is C5H10O6S2. The van der Waals surface area contributed by atoms with Gasteiger partial charge >= 0.3 is 0 Å². The fourth-order valence-electron chi connectivity index (χ4n) is 1.000. The molecule has 1 heterocycles. The predicted octanol–water partition coefficient (Wildman–Crippen LogP) is -0.920. The van der Waals surface area contributed by atoms with E-state index in [1.807, 2.05) is 0 Å². The highest BCUT2D eigenvalue weighted by Gasteiger charge is 2.38. The van der Waals surface area contributed by atoms with Crippen LogP contribution in [0.15, 0.2) is 0 Å². The molecule has 0 aromatic carbocycles. The van der Waals surface area contributed by atoms with Crippen molar-refractivity contribution >= 4 is 20.2 Å². The molecule has 6 nitrogen and oxygen atoms in total. The van der Waals surface area contributed by atoms with E-state index in [9.17, 15) is 16.8 Å². The Kier molecular flexibility index (Phi) is 2.68. The number of hydrogen-bond donors (Lipinski definition) is 0. The maximum Gasteiger partial charge on any atom is 0.270 e. The van der Waals surface area contributed by atoms with Crippen LogP contribution in [0.3, 0.4) is 0 Å². The monoisotopic (exact) mass is 230 g/mol. The normalized spacial score (nSPS) is 33.4. The Morgan fingerprint density at radius 2 is 2.00 bits per heavy atom. The van der Waals surface area contributed by atoms with Gasteiger partial charge in [-0.3, -0.25) is 8.37 Å². The zero-order valence-electron chi connectivity index (χ0n) is 7.13. The van der Waals surface area contributed by atoms with Gasteiger partial charge in [0, 0.05) is 0 Å². The molecule has 2 atom stereocenters. The lowest BCUT2D eigenvalue weighted by Gasteiger charge is -2.09. The van der Waals surface area contributed by atoms with Gasteiger partial charge in [0.1, 0.15) is 18.0 Å². The van der Waals surface area contributed by atoms with E-state index in [2.05, 4.69) is 8.37 Å². The molecule has 1 rings (SSSR count). The lowest BCUT2D eigenvalue weighted by atomic mass is 10.3. The van der Waals surface area contributed by atoms with E-state index in [0.717, 1.165) is 6.26 Å². The quantitative estimate of drug-likeness (QED) is 0.570. The van der Waals surface area contributed by atoms with Crippen LogP contribution >= 0.6 is 0 Å². The summed E-state index contributed by atoms with van der Waals surface area (Å²) in [7, 11) is -7.24. The molecule has 0 saturated carbocycles. The van der Waals surface area contributed by atoms with Crippen molar-refractivity contribution in [2.24, 2.45) is 0 Å². The molecule has 0 radical (unpaired) electrons. The summed E-state index contributed by atoms with van der Waals surface area (Å²) in [5.74, 6) is -0.415. The molecule has 2 unspecified atom stereocenters. The van der Waals surface area contributed by atoms with Crippen LogP contribution in [0.1, 0.15) is 6.92 Å². The van der Waals surface area contributed by atoms with Crippen molar-refractivity contribution in [2.45, 2.75) is 19.1 Å². The van der Waals surface area contributed by atoms with Crippen LogP contribution in [0.25, 0.3) is 0 Å². The van der Waals surface area contributed by atoms with Crippen LogP contribution in [-0.4, -0.2) is 41.1 Å². The summed E-state index contributed by atoms with van der Waals surface area (Å²) in [6.45, 7) is 1.44. The second-order valence-corrected chi connectivity index (χ2v) is 6.11. The molecule has 8 heteroatoms. The molecular weight excluding hydrogens is 220 g/mol. The Hall–Kier alpha value is -0.180. The lowest BCUT2D eigenvalue weighted by molar-refractivity contribution is 0.121. The Balaban J connectivity index is 2.76. The van der Waals surface area contributed by atoms with Gasteiger partial charge in [-0.2, -0.15) is 16.8 Å². The van der Waals surface area contributed by atoms with Crippen LogP contribution in [0.2, 0.25) is 0 Å². The average molecular weight is 230 g/mol. The highest BCUT2D eigenvalue weighted by Crippen LogP contribution is 2.20. The van der Waals surface area contributed by atoms with Gasteiger partial charge in [0.2, 0.25) is 0 Å². The van der Waals surface area contributed by atoms with Crippen molar-refractivity contribution in [3.05, 3.63) is 0 Å². The van der Waals surface area contributed by atoms with Crippen molar-refractivity contribution in [3.63, 3.8) is 0 Å². The van der Waals surface area contributed by atoms with Gasteiger partial charge in [-0.1, -0.05) is 0 Å². The fourth-order valence-corrected chi connectivity index (χ4v) is 3.17. The van der Waals surface area contributed by atoms with Gasteiger partial charge in [-0.05, 0) is 6.92 Å². The molecule has 13 heavy (non-hydrogen) atoms. The Labute approximate surface area is 77.1 Å². The molecule has 0 amide bonds. The van der Waals surface area contributed by atoms with Gasteiger partial charge in [-0.15, -0.1) is 0 Å². The molecule has 78 valence electrons. The first-order chi connectivity index (χ1) is 5.70. The Morgan fingerprint density at radius 3 is 2.31 bits per heavy atom. The Bertz CT molecular complexity index is 379. The van der Waals surface area contributed by atoms with Crippen LogP contribution in [-0.2, 0) is 28.6 Å². The molecule has 1 saturated heterocycles. The van der Waals surface area contributed by atoms with E-state index in [4.69, 9.17) is 0 Å². The summed E-state index contributed by atoms with van der Waals surface area (Å²) >= 11 is 0. The minimum atomic E-state index is -3.64. The van der Waals surface area contributed by atoms with Gasteiger partial charge in [0.25, 0.3) is 20.2 Å². The average Bonchev–Trinajstić information content (AvgIpc) is 2.00. The number of hydrogen-bond acceptors (Lipinski definition) is 6. The molecule has 0 N–H and O–H groups in total. The van der Waals surface area contributed by atoms with Gasteiger partial charge < -0.3 is 0 Å². The van der Waals surface area contributed by atoms with Crippen molar-refractivity contribution in [2.75, 3.05) is 12.0 Å². The maximum absolute atomic E-state index is 10.8. The molecule has 0 aromatic rings. The SMILES string of the molecule is CC1OS(=O)(=O)CC1OS(C)(=O)=O. The standard InChI is InChI=1S/C5H10O6S2/c1-4-5(11-12(2,6)7)3-13(8,9)10-4/h4-5H,3H2,1-2H3. The number of rotatable bonds is 2. The first kappa shape index (κ1) is 10.9. The van der Waals surface area contributed by atoms with E-state index in [1.54, 1.807) is 0 Å². The molecule has 1 aliphatic heterocycles. The summed E-state index contributed by atoms with van der Waals surface area (Å²) in [5, 5.41) is 0. The molecule has 1 fully saturated rings. The van der Waals surface area contributed by atoms with E-state index in [1.165, 1.54) is 6.92 Å². The third-order valence-corrected chi connectivity index (χ3v) is 3.42. The summed E-state index contributed by atoms with van der Waals surface area (Å²) in [5.41, 5.74) is 0. The van der Waals surface area contributed by atoms with Crippen molar-refractivity contribution in [1.82, 2.24) is 0 Å². The minimum absolute atomic E-state index is 0.415. The molecule has 0 bridgehead atoms. The predicted molar refractivity (Wildman–Crippen MR) is 44.1 cm³/mol. The first-order valence-electron chi connectivity index (χ1n) is 3.49. The molecule has 0 aliphatic carbocycles. The van der Waals surface area contributed by atoms with Crippen molar-refractivity contribution in [3.8, 4) is 0 Å². The van der Waals surface area contributed by atoms with Crippen LogP contribution in [0, 0.1) is 0 Å². The first-order valence-corrected chi connectivity index (χ1v) is 6.88. The maximum atomic E-state index is 10.8. The summed E-state index contributed by atoms with van der Waals surface area (Å²) in [6, 6.07) is 0. The van der Waals surface area contributed by atoms with E-state index < -0.39 is 38.2 Å². The topological polar surface area (TPSA) is 86.7 Å². The van der Waals surface area contributed by atoms with Crippen molar-refractivity contribution < 1.29 is 25.2 Å². The summed E-state index contributed by atoms with van der Waals surface area (Å²) in [6.07, 6.45) is -0.815. The lowest BCUT2D eigenvalue weighted by Crippen LogP contribution is -2.26. The summed E-state index contributed by atoms with van der Waals surface area (Å²) < 4.78 is 52.0. The van der Waals surface area contributed by atoms with Crippen LogP contribution in [0.5, 0.6) is 0 Å². The second kappa shape index (κ2) is 3.19. The second-order valence-electron chi connectivity index (χ2n) is 2.86. The summed E-state index contributed by atoms with van der Waals surface area (Å²) in [4.78, 5) is 0. The Morgan fingerprint density at radius 1 is 1.46 bits per heavy atom. The fraction of sp³-hybridized carbons (Fsp3) is 1.00. The largest absolute Gasteiger partial charge is 0.270 e. The molecule has 1 aliphatic rings. The molecule has 0 spiro atoms. The third kappa shape index (κ3) is 3.22. The van der Waals surface area contributed by atoms with Gasteiger partial charge in [0.15, 0.2) is 0 Å². The highest BCUT2D eigenvalue weighted by molar-refractivity contribution is 7.87. The van der Waals surface area contributed by atoms with Crippen molar-refractivity contribution in [1.29, 1.82) is 0 Å². The van der Waals surface area contributed by atoms with E-state index in [-0.39, 0.29) is 0 Å². The minimum Gasteiger partial charge on any atom is -0.264 e.